The molecule has 0 saturated heterocycles. The highest BCUT2D eigenvalue weighted by atomic mass is 19.1. The van der Waals surface area contributed by atoms with Gasteiger partial charge in [-0.05, 0) is 46.6 Å². The molecule has 2 aliphatic carbocycles. The second-order valence-corrected chi connectivity index (χ2v) is 7.75. The molecular weight excluding hydrogens is 375 g/mol. The lowest BCUT2D eigenvalue weighted by molar-refractivity contribution is -0.158. The summed E-state index contributed by atoms with van der Waals surface area (Å²) in [4.78, 5) is 40.2. The quantitative estimate of drug-likeness (QED) is 0.239. The number of amides is 1. The topological polar surface area (TPSA) is 140 Å². The molecule has 11 heteroatoms. The van der Waals surface area contributed by atoms with E-state index in [2.05, 4.69) is 15.3 Å². The van der Waals surface area contributed by atoms with Crippen molar-refractivity contribution >= 4 is 18.0 Å². The lowest BCUT2D eigenvalue weighted by atomic mass is 9.85. The van der Waals surface area contributed by atoms with Gasteiger partial charge in [-0.2, -0.15) is 0 Å². The zero-order valence-electron chi connectivity index (χ0n) is 16.5. The average molecular weight is 400 g/mol. The first-order valence-electron chi connectivity index (χ1n) is 9.07. The molecule has 0 aromatic heterocycles. The van der Waals surface area contributed by atoms with Crippen molar-refractivity contribution in [1.82, 2.24) is 5.32 Å². The third-order valence-corrected chi connectivity index (χ3v) is 4.88. The molecule has 2 rings (SSSR count). The van der Waals surface area contributed by atoms with Gasteiger partial charge in [-0.25, -0.2) is 18.8 Å². The fourth-order valence-electron chi connectivity index (χ4n) is 3.93. The van der Waals surface area contributed by atoms with Crippen LogP contribution in [0, 0.1) is 11.8 Å². The van der Waals surface area contributed by atoms with E-state index in [0.29, 0.717) is 0 Å². The third kappa shape index (κ3) is 3.46. The molecule has 28 heavy (non-hydrogen) atoms. The number of alkyl halides is 1. The monoisotopic (exact) mass is 400 g/mol. The van der Waals surface area contributed by atoms with Gasteiger partial charge in [0.1, 0.15) is 5.60 Å². The Balaban J connectivity index is 2.48. The maximum atomic E-state index is 15.5. The maximum Gasteiger partial charge on any atom is 0.408 e. The molecule has 1 N–H and O–H groups in total. The van der Waals surface area contributed by atoms with Crippen molar-refractivity contribution < 1.29 is 33.0 Å². The molecule has 0 heterocycles. The van der Waals surface area contributed by atoms with E-state index in [0.717, 1.165) is 0 Å². The molecule has 0 spiro atoms. The number of ether oxygens (including phenoxy) is 3. The molecule has 2 aliphatic rings. The minimum atomic E-state index is -2.49. The molecule has 2 fully saturated rings. The smallest absolute Gasteiger partial charge is 0.408 e. The van der Waals surface area contributed by atoms with E-state index in [-0.39, 0.29) is 19.6 Å². The lowest BCUT2D eigenvalue weighted by Crippen LogP contribution is -2.64. The van der Waals surface area contributed by atoms with Crippen LogP contribution in [0.1, 0.15) is 41.0 Å². The van der Waals surface area contributed by atoms with E-state index in [1.54, 1.807) is 20.8 Å². The number of fused-ring (bicyclic) bond motifs is 1. The number of esters is 2. The second kappa shape index (κ2) is 7.46. The summed E-state index contributed by atoms with van der Waals surface area (Å²) in [6, 6.07) is -1.14. The molecule has 1 amide bonds. The molecular formula is C17H25FN4O6. The van der Waals surface area contributed by atoms with Gasteiger partial charge >= 0.3 is 18.0 Å². The Morgan fingerprint density at radius 1 is 1.21 bits per heavy atom. The highest BCUT2D eigenvalue weighted by molar-refractivity contribution is 5.94. The van der Waals surface area contributed by atoms with Crippen molar-refractivity contribution in [3.63, 3.8) is 0 Å². The number of hydrogen-bond donors (Lipinski definition) is 1. The van der Waals surface area contributed by atoms with E-state index >= 15 is 4.39 Å². The SMILES string of the molecule is CCOC(=O)[C@@]1(F)[C@@H]2C[C@@H](N=[N+]=[N-])[C@@](NC(=O)OC(C)(C)C)(C(=O)OCC)[C@@H]21. The van der Waals surface area contributed by atoms with Crippen molar-refractivity contribution in [3.05, 3.63) is 10.4 Å². The highest BCUT2D eigenvalue weighted by Crippen LogP contribution is 2.68. The molecule has 5 atom stereocenters. The van der Waals surface area contributed by atoms with Crippen LogP contribution in [0.4, 0.5) is 9.18 Å². The van der Waals surface area contributed by atoms with Gasteiger partial charge in [-0.15, -0.1) is 0 Å². The second-order valence-electron chi connectivity index (χ2n) is 7.75. The van der Waals surface area contributed by atoms with E-state index in [1.807, 2.05) is 0 Å². The van der Waals surface area contributed by atoms with Crippen LogP contribution in [0.3, 0.4) is 0 Å². The van der Waals surface area contributed by atoms with Crippen LogP contribution in [0.2, 0.25) is 0 Å². The van der Waals surface area contributed by atoms with Gasteiger partial charge in [0.2, 0.25) is 5.67 Å². The Kier molecular flexibility index (Phi) is 5.79. The number of azide groups is 1. The molecule has 0 radical (unpaired) electrons. The Labute approximate surface area is 161 Å². The van der Waals surface area contributed by atoms with Crippen LogP contribution in [0.25, 0.3) is 10.4 Å². The summed E-state index contributed by atoms with van der Waals surface area (Å²) in [5.74, 6) is -4.36. The van der Waals surface area contributed by atoms with Crippen LogP contribution >= 0.6 is 0 Å². The normalized spacial score (nSPS) is 33.1. The molecule has 0 aromatic carbocycles. The van der Waals surface area contributed by atoms with Gasteiger partial charge in [-0.3, -0.25) is 0 Å². The molecule has 2 saturated carbocycles. The summed E-state index contributed by atoms with van der Waals surface area (Å²) in [7, 11) is 0. The number of halogens is 1. The van der Waals surface area contributed by atoms with Gasteiger partial charge in [-0.1, -0.05) is 5.11 Å². The number of carbonyl (C=O) groups excluding carboxylic acids is 3. The average Bonchev–Trinajstić information content (AvgIpc) is 3.02. The number of carbonyl (C=O) groups is 3. The summed E-state index contributed by atoms with van der Waals surface area (Å²) in [6.07, 6.45) is -1.14. The number of nitrogens with one attached hydrogen (secondary N) is 1. The van der Waals surface area contributed by atoms with Crippen LogP contribution in [-0.2, 0) is 23.8 Å². The van der Waals surface area contributed by atoms with Gasteiger partial charge in [0.05, 0.1) is 19.3 Å². The van der Waals surface area contributed by atoms with Crippen molar-refractivity contribution in [2.24, 2.45) is 17.0 Å². The van der Waals surface area contributed by atoms with Crippen molar-refractivity contribution in [2.75, 3.05) is 13.2 Å². The first kappa shape index (κ1) is 21.7. The van der Waals surface area contributed by atoms with E-state index in [4.69, 9.17) is 19.7 Å². The lowest BCUT2D eigenvalue weighted by Gasteiger charge is -2.36. The van der Waals surface area contributed by atoms with Gasteiger partial charge in [0.25, 0.3) is 0 Å². The first-order valence-corrected chi connectivity index (χ1v) is 9.07. The van der Waals surface area contributed by atoms with Crippen LogP contribution in [0.5, 0.6) is 0 Å². The minimum absolute atomic E-state index is 0.0460. The summed E-state index contributed by atoms with van der Waals surface area (Å²) >= 11 is 0. The van der Waals surface area contributed by atoms with E-state index in [9.17, 15) is 14.4 Å². The zero-order chi connectivity index (χ0) is 21.3. The number of alkyl carbamates (subject to hydrolysis) is 1. The largest absolute Gasteiger partial charge is 0.464 e. The number of hydrogen-bond acceptors (Lipinski definition) is 7. The fourth-order valence-corrected chi connectivity index (χ4v) is 3.93. The molecule has 10 nitrogen and oxygen atoms in total. The van der Waals surface area contributed by atoms with Crippen molar-refractivity contribution in [1.29, 1.82) is 0 Å². The Bertz CT molecular complexity index is 719. The molecule has 0 unspecified atom stereocenters. The highest BCUT2D eigenvalue weighted by Gasteiger charge is 2.86. The number of rotatable bonds is 6. The minimum Gasteiger partial charge on any atom is -0.464 e. The van der Waals surface area contributed by atoms with Crippen LogP contribution < -0.4 is 5.32 Å². The third-order valence-electron chi connectivity index (χ3n) is 4.88. The first-order chi connectivity index (χ1) is 13.0. The number of nitrogens with zero attached hydrogens (tertiary/aromatic N) is 3. The molecule has 0 aliphatic heterocycles. The predicted molar refractivity (Wildman–Crippen MR) is 93.7 cm³/mol. The Morgan fingerprint density at radius 2 is 1.79 bits per heavy atom. The van der Waals surface area contributed by atoms with Gasteiger partial charge in [0, 0.05) is 16.7 Å². The Morgan fingerprint density at radius 3 is 2.29 bits per heavy atom. The van der Waals surface area contributed by atoms with Gasteiger partial charge < -0.3 is 19.5 Å². The fraction of sp³-hybridized carbons (Fsp3) is 0.824. The van der Waals surface area contributed by atoms with Crippen LogP contribution in [0.15, 0.2) is 5.11 Å². The summed E-state index contributed by atoms with van der Waals surface area (Å²) in [5.41, 5.74) is 3.43. The van der Waals surface area contributed by atoms with Gasteiger partial charge in [0.15, 0.2) is 5.54 Å². The van der Waals surface area contributed by atoms with E-state index < -0.39 is 52.7 Å². The standard InChI is InChI=1S/C17H25FN4O6/c1-6-26-12(23)16(18)9-8-10(21-22-19)17(11(9)16,13(24)27-7-2)20-14(25)28-15(3,4)5/h9-11H,6-8H2,1-5H3,(H,20,25)/t9-,10-,11+,16-,17+/m1/s1. The van der Waals surface area contributed by atoms with Crippen molar-refractivity contribution in [3.8, 4) is 0 Å². The van der Waals surface area contributed by atoms with Crippen molar-refractivity contribution in [2.45, 2.75) is 63.9 Å². The maximum absolute atomic E-state index is 15.5. The van der Waals surface area contributed by atoms with Crippen LogP contribution in [-0.4, -0.2) is 54.1 Å². The zero-order valence-corrected chi connectivity index (χ0v) is 16.5. The molecule has 0 aromatic rings. The molecule has 0 bridgehead atoms. The summed E-state index contributed by atoms with van der Waals surface area (Å²) in [5, 5.41) is 5.94. The van der Waals surface area contributed by atoms with E-state index in [1.165, 1.54) is 13.8 Å². The Hall–Kier alpha value is -2.55. The summed E-state index contributed by atoms with van der Waals surface area (Å²) in [6.45, 7) is 7.80. The predicted octanol–water partition coefficient (Wildman–Crippen LogP) is 2.41. The summed E-state index contributed by atoms with van der Waals surface area (Å²) < 4.78 is 30.5. The molecule has 156 valence electrons.